The summed E-state index contributed by atoms with van der Waals surface area (Å²) in [4.78, 5) is 2.36. The summed E-state index contributed by atoms with van der Waals surface area (Å²) in [5.74, 6) is 0. The Kier molecular flexibility index (Phi) is 5.18. The molecule has 0 bridgehead atoms. The zero-order valence-corrected chi connectivity index (χ0v) is 11.1. The van der Waals surface area contributed by atoms with E-state index in [2.05, 4.69) is 24.8 Å². The van der Waals surface area contributed by atoms with Gasteiger partial charge in [0, 0.05) is 0 Å². The first-order valence-electron chi connectivity index (χ1n) is 6.35. The third kappa shape index (κ3) is 3.57. The van der Waals surface area contributed by atoms with Crippen LogP contribution in [0.4, 0.5) is 0 Å². The van der Waals surface area contributed by atoms with Gasteiger partial charge in [-0.05, 0) is 38.5 Å². The maximum Gasteiger partial charge on any atom is 0.0806 e. The van der Waals surface area contributed by atoms with E-state index in [0.29, 0.717) is 0 Å². The summed E-state index contributed by atoms with van der Waals surface area (Å²) in [6.45, 7) is 9.43. The molecular formula is C15H22N2. The normalized spacial score (nSPS) is 14.3. The molecule has 0 aliphatic carbocycles. The number of nitrogens with zero attached hydrogens (tertiary/aromatic N) is 2. The summed E-state index contributed by atoms with van der Waals surface area (Å²) in [6.07, 6.45) is 0.884. The Morgan fingerprint density at radius 3 is 2.24 bits per heavy atom. The van der Waals surface area contributed by atoms with E-state index in [9.17, 15) is 5.26 Å². The quantitative estimate of drug-likeness (QED) is 0.750. The molecule has 0 aliphatic heterocycles. The molecule has 1 rings (SSSR count). The molecule has 0 amide bonds. The fourth-order valence-electron chi connectivity index (χ4n) is 1.99. The van der Waals surface area contributed by atoms with Crippen LogP contribution in [0.3, 0.4) is 0 Å². The topological polar surface area (TPSA) is 27.0 Å². The molecule has 0 saturated heterocycles. The number of hydrogen-bond donors (Lipinski definition) is 0. The Balaban J connectivity index is 2.74. The summed E-state index contributed by atoms with van der Waals surface area (Å²) >= 11 is 0. The third-order valence-electron chi connectivity index (χ3n) is 3.48. The maximum atomic E-state index is 9.43. The predicted molar refractivity (Wildman–Crippen MR) is 71.8 cm³/mol. The van der Waals surface area contributed by atoms with Crippen molar-refractivity contribution in [1.82, 2.24) is 4.90 Å². The monoisotopic (exact) mass is 230 g/mol. The lowest BCUT2D eigenvalue weighted by Gasteiger charge is -2.26. The second kappa shape index (κ2) is 6.42. The fraction of sp³-hybridized carbons (Fsp3) is 0.533. The van der Waals surface area contributed by atoms with Gasteiger partial charge >= 0.3 is 0 Å². The van der Waals surface area contributed by atoms with E-state index in [1.807, 2.05) is 37.3 Å². The van der Waals surface area contributed by atoms with Crippen molar-refractivity contribution in [1.29, 1.82) is 5.26 Å². The Morgan fingerprint density at radius 1 is 1.18 bits per heavy atom. The molecule has 0 aliphatic rings. The molecular weight excluding hydrogens is 208 g/mol. The fourth-order valence-corrected chi connectivity index (χ4v) is 1.99. The first-order chi connectivity index (χ1) is 8.16. The van der Waals surface area contributed by atoms with Crippen LogP contribution in [0.2, 0.25) is 0 Å². The molecule has 0 N–H and O–H groups in total. The molecule has 1 aromatic rings. The average Bonchev–Trinajstić information content (AvgIpc) is 2.40. The molecule has 2 nitrogen and oxygen atoms in total. The smallest absolute Gasteiger partial charge is 0.0806 e. The van der Waals surface area contributed by atoms with Gasteiger partial charge in [-0.2, -0.15) is 5.26 Å². The van der Waals surface area contributed by atoms with Crippen LogP contribution in [0, 0.1) is 11.3 Å². The van der Waals surface area contributed by atoms with Gasteiger partial charge < -0.3 is 4.90 Å². The highest BCUT2D eigenvalue weighted by Gasteiger charge is 2.26. The van der Waals surface area contributed by atoms with Gasteiger partial charge in [0.25, 0.3) is 0 Å². The lowest BCUT2D eigenvalue weighted by Crippen LogP contribution is -2.30. The first-order valence-corrected chi connectivity index (χ1v) is 6.35. The Morgan fingerprint density at radius 2 is 1.76 bits per heavy atom. The van der Waals surface area contributed by atoms with Crippen LogP contribution in [0.5, 0.6) is 0 Å². The largest absolute Gasteiger partial charge is 0.304 e. The summed E-state index contributed by atoms with van der Waals surface area (Å²) < 4.78 is 0. The SMILES string of the molecule is CCN(CC)CCC(C)(C#N)c1ccccc1. The van der Waals surface area contributed by atoms with Gasteiger partial charge in [0.2, 0.25) is 0 Å². The highest BCUT2D eigenvalue weighted by Crippen LogP contribution is 2.26. The molecule has 0 aromatic heterocycles. The van der Waals surface area contributed by atoms with E-state index in [4.69, 9.17) is 0 Å². The maximum absolute atomic E-state index is 9.43. The highest BCUT2D eigenvalue weighted by atomic mass is 15.1. The minimum atomic E-state index is -0.371. The lowest BCUT2D eigenvalue weighted by atomic mass is 9.81. The van der Waals surface area contributed by atoms with Crippen molar-refractivity contribution < 1.29 is 0 Å². The molecule has 0 fully saturated rings. The Hall–Kier alpha value is -1.33. The molecule has 1 aromatic carbocycles. The number of hydrogen-bond acceptors (Lipinski definition) is 2. The van der Waals surface area contributed by atoms with E-state index in [1.54, 1.807) is 0 Å². The minimum Gasteiger partial charge on any atom is -0.304 e. The van der Waals surface area contributed by atoms with Crippen LogP contribution >= 0.6 is 0 Å². The predicted octanol–water partition coefficient (Wildman–Crippen LogP) is 3.20. The van der Waals surface area contributed by atoms with Crippen LogP contribution in [0.25, 0.3) is 0 Å². The van der Waals surface area contributed by atoms with Crippen LogP contribution in [0.1, 0.15) is 32.8 Å². The minimum absolute atomic E-state index is 0.371. The Labute approximate surface area is 105 Å². The van der Waals surface area contributed by atoms with E-state index in [-0.39, 0.29) is 5.41 Å². The van der Waals surface area contributed by atoms with Gasteiger partial charge in [-0.15, -0.1) is 0 Å². The van der Waals surface area contributed by atoms with Gasteiger partial charge in [-0.25, -0.2) is 0 Å². The van der Waals surface area contributed by atoms with Crippen LogP contribution < -0.4 is 0 Å². The number of rotatable bonds is 6. The van der Waals surface area contributed by atoms with Crippen LogP contribution in [-0.4, -0.2) is 24.5 Å². The van der Waals surface area contributed by atoms with E-state index in [1.165, 1.54) is 0 Å². The molecule has 0 heterocycles. The van der Waals surface area contributed by atoms with Crippen molar-refractivity contribution in [3.05, 3.63) is 35.9 Å². The molecule has 0 saturated carbocycles. The highest BCUT2D eigenvalue weighted by molar-refractivity contribution is 5.30. The second-order valence-corrected chi connectivity index (χ2v) is 4.59. The van der Waals surface area contributed by atoms with Crippen molar-refractivity contribution in [3.8, 4) is 6.07 Å². The second-order valence-electron chi connectivity index (χ2n) is 4.59. The van der Waals surface area contributed by atoms with Crippen molar-refractivity contribution in [3.63, 3.8) is 0 Å². The van der Waals surface area contributed by atoms with E-state index < -0.39 is 0 Å². The molecule has 17 heavy (non-hydrogen) atoms. The summed E-state index contributed by atoms with van der Waals surface area (Å²) in [6, 6.07) is 12.6. The van der Waals surface area contributed by atoms with Crippen LogP contribution in [-0.2, 0) is 5.41 Å². The number of nitriles is 1. The zero-order chi connectivity index (χ0) is 12.7. The molecule has 1 unspecified atom stereocenters. The summed E-state index contributed by atoms with van der Waals surface area (Å²) in [5, 5.41) is 9.43. The van der Waals surface area contributed by atoms with E-state index in [0.717, 1.165) is 31.6 Å². The van der Waals surface area contributed by atoms with Crippen molar-refractivity contribution in [2.45, 2.75) is 32.6 Å². The molecule has 0 radical (unpaired) electrons. The summed E-state index contributed by atoms with van der Waals surface area (Å²) in [5.41, 5.74) is 0.749. The lowest BCUT2D eigenvalue weighted by molar-refractivity contribution is 0.280. The van der Waals surface area contributed by atoms with Gasteiger partial charge in [-0.1, -0.05) is 44.2 Å². The standard InChI is InChI=1S/C15H22N2/c1-4-17(5-2)12-11-15(3,13-16)14-9-7-6-8-10-14/h6-10H,4-5,11-12H2,1-3H3. The molecule has 0 spiro atoms. The van der Waals surface area contributed by atoms with Gasteiger partial charge in [0.05, 0.1) is 11.5 Å². The van der Waals surface area contributed by atoms with Crippen molar-refractivity contribution >= 4 is 0 Å². The number of benzene rings is 1. The summed E-state index contributed by atoms with van der Waals surface area (Å²) in [7, 11) is 0. The van der Waals surface area contributed by atoms with E-state index >= 15 is 0 Å². The zero-order valence-electron chi connectivity index (χ0n) is 11.1. The molecule has 2 heteroatoms. The van der Waals surface area contributed by atoms with Crippen LogP contribution in [0.15, 0.2) is 30.3 Å². The molecule has 92 valence electrons. The average molecular weight is 230 g/mol. The first kappa shape index (κ1) is 13.7. The van der Waals surface area contributed by atoms with Crippen molar-refractivity contribution in [2.75, 3.05) is 19.6 Å². The van der Waals surface area contributed by atoms with Gasteiger partial charge in [0.15, 0.2) is 0 Å². The Bertz CT molecular complexity index is 362. The van der Waals surface area contributed by atoms with Gasteiger partial charge in [0.1, 0.15) is 0 Å². The van der Waals surface area contributed by atoms with Gasteiger partial charge in [-0.3, -0.25) is 0 Å². The van der Waals surface area contributed by atoms with Crippen molar-refractivity contribution in [2.24, 2.45) is 0 Å². The third-order valence-corrected chi connectivity index (χ3v) is 3.48. The molecule has 1 atom stereocenters.